The van der Waals surface area contributed by atoms with Gasteiger partial charge in [0.05, 0.1) is 24.5 Å². The summed E-state index contributed by atoms with van der Waals surface area (Å²) in [5, 5.41) is 8.07. The third-order valence-corrected chi connectivity index (χ3v) is 4.89. The number of fused-ring (bicyclic) bond motifs is 1. The lowest BCUT2D eigenvalue weighted by Crippen LogP contribution is -2.46. The molecule has 3 aromatic rings. The van der Waals surface area contributed by atoms with Gasteiger partial charge in [0.25, 0.3) is 0 Å². The fourth-order valence-electron chi connectivity index (χ4n) is 3.21. The van der Waals surface area contributed by atoms with Gasteiger partial charge in [-0.1, -0.05) is 41.9 Å². The van der Waals surface area contributed by atoms with Crippen LogP contribution in [0.1, 0.15) is 6.42 Å². The molecule has 2 heterocycles. The molecule has 0 amide bonds. The van der Waals surface area contributed by atoms with Crippen molar-refractivity contribution < 1.29 is 4.74 Å². The minimum Gasteiger partial charge on any atom is -0.385 e. The fraction of sp³-hybridized carbons (Fsp3) is 0.286. The van der Waals surface area contributed by atoms with Gasteiger partial charge in [0.1, 0.15) is 0 Å². The third kappa shape index (κ3) is 4.82. The average Bonchev–Trinajstić information content (AvgIpc) is 2.75. The van der Waals surface area contributed by atoms with E-state index in [2.05, 4.69) is 25.5 Å². The zero-order valence-electron chi connectivity index (χ0n) is 16.2. The number of nitrogens with one attached hydrogen (secondary N) is 2. The molecule has 0 aliphatic carbocycles. The average molecular weight is 411 g/mol. The Kier molecular flexibility index (Phi) is 6.19. The van der Waals surface area contributed by atoms with Crippen LogP contribution in [-0.4, -0.2) is 54.4 Å². The second-order valence-electron chi connectivity index (χ2n) is 6.77. The summed E-state index contributed by atoms with van der Waals surface area (Å²) in [6, 6.07) is 15.7. The second kappa shape index (κ2) is 9.17. The summed E-state index contributed by atoms with van der Waals surface area (Å²) in [6.45, 7) is 3.02. The molecule has 1 aromatic heterocycles. The van der Waals surface area contributed by atoms with Gasteiger partial charge in [0, 0.05) is 36.2 Å². The van der Waals surface area contributed by atoms with Crippen LogP contribution in [0.2, 0.25) is 5.02 Å². The van der Waals surface area contributed by atoms with Gasteiger partial charge in [-0.25, -0.2) is 15.0 Å². The molecule has 2 aromatic carbocycles. The molecule has 4 rings (SSSR count). The summed E-state index contributed by atoms with van der Waals surface area (Å²) in [5.41, 5.74) is 2.66. The summed E-state index contributed by atoms with van der Waals surface area (Å²) >= 11 is 6.22. The maximum absolute atomic E-state index is 6.22. The number of guanidine groups is 1. The predicted molar refractivity (Wildman–Crippen MR) is 117 cm³/mol. The van der Waals surface area contributed by atoms with E-state index in [1.807, 2.05) is 48.5 Å². The van der Waals surface area contributed by atoms with Crippen LogP contribution in [0.4, 0.5) is 5.95 Å². The van der Waals surface area contributed by atoms with Crippen molar-refractivity contribution in [1.29, 1.82) is 0 Å². The highest BCUT2D eigenvalue weighted by molar-refractivity contribution is 6.31. The molecule has 0 bridgehead atoms. The van der Waals surface area contributed by atoms with Crippen LogP contribution < -0.4 is 10.6 Å². The van der Waals surface area contributed by atoms with Crippen LogP contribution in [0.25, 0.3) is 22.2 Å². The highest BCUT2D eigenvalue weighted by atomic mass is 35.5. The molecule has 8 heteroatoms. The number of methoxy groups -OCH3 is 1. The van der Waals surface area contributed by atoms with Crippen LogP contribution in [-0.2, 0) is 4.74 Å². The van der Waals surface area contributed by atoms with E-state index in [-0.39, 0.29) is 0 Å². The van der Waals surface area contributed by atoms with Crippen molar-refractivity contribution in [3.63, 3.8) is 0 Å². The molecule has 1 aliphatic rings. The number of rotatable bonds is 6. The molecule has 0 saturated carbocycles. The van der Waals surface area contributed by atoms with E-state index in [1.54, 1.807) is 7.11 Å². The highest BCUT2D eigenvalue weighted by Gasteiger charge is 2.15. The highest BCUT2D eigenvalue weighted by Crippen LogP contribution is 2.29. The van der Waals surface area contributed by atoms with Crippen molar-refractivity contribution in [2.45, 2.75) is 6.42 Å². The van der Waals surface area contributed by atoms with E-state index in [0.717, 1.165) is 41.7 Å². The van der Waals surface area contributed by atoms with Gasteiger partial charge in [0.2, 0.25) is 11.9 Å². The lowest BCUT2D eigenvalue weighted by molar-refractivity contribution is 0.170. The first-order valence-corrected chi connectivity index (χ1v) is 9.90. The zero-order valence-corrected chi connectivity index (χ0v) is 17.0. The lowest BCUT2D eigenvalue weighted by atomic mass is 10.1. The topological polar surface area (TPSA) is 74.7 Å². The Morgan fingerprint density at radius 2 is 2.03 bits per heavy atom. The van der Waals surface area contributed by atoms with Gasteiger partial charge < -0.3 is 10.1 Å². The zero-order chi connectivity index (χ0) is 20.1. The number of ether oxygens (including phenoxy) is 1. The summed E-state index contributed by atoms with van der Waals surface area (Å²) in [4.78, 5) is 16.2. The van der Waals surface area contributed by atoms with Crippen molar-refractivity contribution in [3.8, 4) is 11.3 Å². The number of anilines is 1. The van der Waals surface area contributed by atoms with Gasteiger partial charge in [-0.3, -0.25) is 10.2 Å². The van der Waals surface area contributed by atoms with E-state index < -0.39 is 0 Å². The first kappa shape index (κ1) is 19.6. The molecule has 0 unspecified atom stereocenters. The molecule has 0 saturated heterocycles. The Balaban J connectivity index is 1.58. The Morgan fingerprint density at radius 3 is 2.79 bits per heavy atom. The van der Waals surface area contributed by atoms with Crippen molar-refractivity contribution in [2.24, 2.45) is 4.99 Å². The largest absolute Gasteiger partial charge is 0.385 e. The smallest absolute Gasteiger partial charge is 0.230 e. The number of benzene rings is 2. The van der Waals surface area contributed by atoms with E-state index in [9.17, 15) is 0 Å². The van der Waals surface area contributed by atoms with Crippen LogP contribution in [0, 0.1) is 0 Å². The minimum atomic E-state index is 0.498. The quantitative estimate of drug-likeness (QED) is 0.605. The van der Waals surface area contributed by atoms with Crippen molar-refractivity contribution in [2.75, 3.05) is 38.9 Å². The summed E-state index contributed by atoms with van der Waals surface area (Å²) < 4.78 is 5.10. The summed E-state index contributed by atoms with van der Waals surface area (Å²) in [5.74, 6) is 1.16. The number of aliphatic imine (C=N–C) groups is 1. The third-order valence-electron chi connectivity index (χ3n) is 4.66. The van der Waals surface area contributed by atoms with E-state index in [0.29, 0.717) is 30.3 Å². The number of aromatic nitrogens is 2. The Bertz CT molecular complexity index is 1010. The SMILES string of the molecule is COCCCN1CN=C(Nc2nc(-c3ccccc3)c3cc(Cl)ccc3n2)NC1. The first-order valence-electron chi connectivity index (χ1n) is 9.52. The number of hydrogen-bond acceptors (Lipinski definition) is 7. The molecule has 0 spiro atoms. The van der Waals surface area contributed by atoms with Crippen molar-refractivity contribution >= 4 is 34.4 Å². The van der Waals surface area contributed by atoms with Crippen molar-refractivity contribution in [3.05, 3.63) is 53.6 Å². The standard InChI is InChI=1S/C21H23ClN6O/c1-29-11-5-10-28-13-23-20(24-14-28)27-21-25-18-9-8-16(22)12-17(18)19(26-21)15-6-3-2-4-7-15/h2-4,6-9,12H,5,10-11,13-14H2,1H3,(H2,23,24,25,26,27). The Morgan fingerprint density at radius 1 is 1.17 bits per heavy atom. The molecule has 1 aliphatic heterocycles. The molecule has 150 valence electrons. The van der Waals surface area contributed by atoms with Gasteiger partial charge in [-0.15, -0.1) is 0 Å². The monoisotopic (exact) mass is 410 g/mol. The van der Waals surface area contributed by atoms with E-state index >= 15 is 0 Å². The van der Waals surface area contributed by atoms with Crippen molar-refractivity contribution in [1.82, 2.24) is 20.2 Å². The van der Waals surface area contributed by atoms with Crippen LogP contribution in [0.3, 0.4) is 0 Å². The lowest BCUT2D eigenvalue weighted by Gasteiger charge is -2.26. The van der Waals surface area contributed by atoms with Gasteiger partial charge >= 0.3 is 0 Å². The Hall–Kier alpha value is -2.74. The molecular weight excluding hydrogens is 388 g/mol. The predicted octanol–water partition coefficient (Wildman–Crippen LogP) is 3.57. The van der Waals surface area contributed by atoms with Crippen LogP contribution in [0.15, 0.2) is 53.5 Å². The van der Waals surface area contributed by atoms with Gasteiger partial charge in [-0.2, -0.15) is 0 Å². The normalized spacial score (nSPS) is 14.5. The van der Waals surface area contributed by atoms with Crippen LogP contribution in [0.5, 0.6) is 0 Å². The maximum Gasteiger partial charge on any atom is 0.230 e. The van der Waals surface area contributed by atoms with Crippen LogP contribution >= 0.6 is 11.6 Å². The second-order valence-corrected chi connectivity index (χ2v) is 7.21. The van der Waals surface area contributed by atoms with Gasteiger partial charge in [0.15, 0.2) is 0 Å². The maximum atomic E-state index is 6.22. The first-order chi connectivity index (χ1) is 14.2. The molecule has 29 heavy (non-hydrogen) atoms. The molecule has 0 radical (unpaired) electrons. The molecule has 7 nitrogen and oxygen atoms in total. The minimum absolute atomic E-state index is 0.498. The van der Waals surface area contributed by atoms with E-state index in [1.165, 1.54) is 0 Å². The molecule has 0 fully saturated rings. The summed E-state index contributed by atoms with van der Waals surface area (Å²) in [7, 11) is 1.72. The molecular formula is C21H23ClN6O. The number of nitrogens with zero attached hydrogens (tertiary/aromatic N) is 4. The molecule has 2 N–H and O–H groups in total. The number of hydrogen-bond donors (Lipinski definition) is 2. The summed E-state index contributed by atoms with van der Waals surface area (Å²) in [6.07, 6.45) is 0.979. The Labute approximate surface area is 174 Å². The fourth-order valence-corrected chi connectivity index (χ4v) is 3.38. The molecule has 0 atom stereocenters. The van der Waals surface area contributed by atoms with Gasteiger partial charge in [-0.05, 0) is 24.6 Å². The number of halogens is 1. The van der Waals surface area contributed by atoms with E-state index in [4.69, 9.17) is 21.3 Å².